The molecule has 3 aromatic carbocycles. The van der Waals surface area contributed by atoms with Crippen LogP contribution in [-0.4, -0.2) is 33.5 Å². The second-order valence-corrected chi connectivity index (χ2v) is 7.87. The molecule has 1 aliphatic heterocycles. The van der Waals surface area contributed by atoms with Gasteiger partial charge < -0.3 is 15.2 Å². The van der Waals surface area contributed by atoms with Crippen molar-refractivity contribution in [1.29, 1.82) is 0 Å². The van der Waals surface area contributed by atoms with E-state index >= 15 is 0 Å². The number of aromatic hydroxyl groups is 1. The Labute approximate surface area is 198 Å². The van der Waals surface area contributed by atoms with Crippen molar-refractivity contribution in [2.75, 3.05) is 5.32 Å². The van der Waals surface area contributed by atoms with E-state index in [4.69, 9.17) is 4.74 Å². The summed E-state index contributed by atoms with van der Waals surface area (Å²) in [5.41, 5.74) is -0.00361. The van der Waals surface area contributed by atoms with Crippen LogP contribution in [0.1, 0.15) is 37.9 Å². The maximum atomic E-state index is 13.4. The number of amides is 1. The summed E-state index contributed by atoms with van der Waals surface area (Å²) in [4.78, 5) is 62.8. The van der Waals surface area contributed by atoms with Crippen LogP contribution in [0.25, 0.3) is 0 Å². The van der Waals surface area contributed by atoms with E-state index in [0.29, 0.717) is 5.56 Å². The van der Waals surface area contributed by atoms with Crippen LogP contribution >= 0.6 is 0 Å². The number of nitrogens with one attached hydrogen (secondary N) is 1. The van der Waals surface area contributed by atoms with Crippen molar-refractivity contribution >= 4 is 34.8 Å². The number of anilines is 1. The number of para-hydroxylation sites is 1. The molecule has 4 rings (SSSR count). The van der Waals surface area contributed by atoms with Gasteiger partial charge in [0.1, 0.15) is 23.5 Å². The number of ketones is 2. The minimum atomic E-state index is -1.85. The smallest absolute Gasteiger partial charge is 0.339 e. The first kappa shape index (κ1) is 23.3. The first-order valence-corrected chi connectivity index (χ1v) is 10.4. The summed E-state index contributed by atoms with van der Waals surface area (Å²) in [6, 6.07) is 15.5. The third kappa shape index (κ3) is 4.36. The molecule has 176 valence electrons. The van der Waals surface area contributed by atoms with Gasteiger partial charge >= 0.3 is 5.97 Å². The number of cyclic esters (lactones) is 1. The van der Waals surface area contributed by atoms with Crippen LogP contribution in [0.4, 0.5) is 11.4 Å². The van der Waals surface area contributed by atoms with Gasteiger partial charge in [-0.3, -0.25) is 24.5 Å². The number of ether oxygens (including phenoxy) is 1. The number of fused-ring (bicyclic) bond motifs is 1. The number of phenols is 1. The van der Waals surface area contributed by atoms with Crippen molar-refractivity contribution in [3.8, 4) is 5.75 Å². The molecular weight excluding hydrogens is 456 g/mol. The van der Waals surface area contributed by atoms with Crippen molar-refractivity contribution in [2.45, 2.75) is 13.0 Å². The van der Waals surface area contributed by atoms with E-state index in [1.54, 1.807) is 19.1 Å². The number of carbonyl (C=O) groups is 4. The highest BCUT2D eigenvalue weighted by Crippen LogP contribution is 2.39. The average molecular weight is 474 g/mol. The van der Waals surface area contributed by atoms with Crippen molar-refractivity contribution in [1.82, 2.24) is 0 Å². The van der Waals surface area contributed by atoms with E-state index in [2.05, 4.69) is 5.32 Å². The predicted molar refractivity (Wildman–Crippen MR) is 122 cm³/mol. The van der Waals surface area contributed by atoms with Crippen molar-refractivity contribution < 1.29 is 33.9 Å². The molecule has 0 fully saturated rings. The minimum absolute atomic E-state index is 0.134. The van der Waals surface area contributed by atoms with Crippen LogP contribution in [0, 0.1) is 23.0 Å². The summed E-state index contributed by atoms with van der Waals surface area (Å²) in [6.07, 6.45) is -1.43. The van der Waals surface area contributed by atoms with Gasteiger partial charge in [-0.25, -0.2) is 4.79 Å². The molecule has 3 aromatic rings. The number of nitrogens with zero attached hydrogens (tertiary/aromatic N) is 1. The zero-order valence-corrected chi connectivity index (χ0v) is 18.3. The van der Waals surface area contributed by atoms with Crippen molar-refractivity contribution in [2.24, 2.45) is 5.92 Å². The van der Waals surface area contributed by atoms with Gasteiger partial charge in [-0.2, -0.15) is 0 Å². The number of nitro benzene ring substituents is 1. The summed E-state index contributed by atoms with van der Waals surface area (Å²) in [6.45, 7) is 1.62. The van der Waals surface area contributed by atoms with E-state index in [-0.39, 0.29) is 22.4 Å². The molecular formula is C25H18N2O8. The van der Waals surface area contributed by atoms with Crippen LogP contribution in [0.2, 0.25) is 0 Å². The van der Waals surface area contributed by atoms with Gasteiger partial charge in [-0.05, 0) is 36.8 Å². The number of esters is 1. The third-order valence-electron chi connectivity index (χ3n) is 5.58. The molecule has 0 bridgehead atoms. The topological polar surface area (TPSA) is 153 Å². The van der Waals surface area contributed by atoms with E-state index in [1.165, 1.54) is 54.6 Å². The summed E-state index contributed by atoms with van der Waals surface area (Å²) >= 11 is 0. The summed E-state index contributed by atoms with van der Waals surface area (Å²) in [5.74, 6) is -6.60. The first-order chi connectivity index (χ1) is 16.7. The Bertz CT molecular complexity index is 1400. The summed E-state index contributed by atoms with van der Waals surface area (Å²) in [5, 5.41) is 23.8. The molecule has 0 spiro atoms. The van der Waals surface area contributed by atoms with Crippen molar-refractivity contribution in [3.63, 3.8) is 0 Å². The fourth-order valence-corrected chi connectivity index (χ4v) is 3.89. The lowest BCUT2D eigenvalue weighted by molar-refractivity contribution is -0.384. The molecule has 10 heteroatoms. The molecule has 0 radical (unpaired) electrons. The van der Waals surface area contributed by atoms with Gasteiger partial charge in [0.15, 0.2) is 5.78 Å². The number of benzene rings is 3. The average Bonchev–Trinajstić information content (AvgIpc) is 3.16. The molecule has 0 saturated carbocycles. The molecule has 35 heavy (non-hydrogen) atoms. The lowest BCUT2D eigenvalue weighted by Gasteiger charge is -2.21. The fraction of sp³-hybridized carbons (Fsp3) is 0.120. The largest absolute Gasteiger partial charge is 0.507 e. The molecule has 2 unspecified atom stereocenters. The fourth-order valence-electron chi connectivity index (χ4n) is 3.89. The number of hydrogen-bond donors (Lipinski definition) is 2. The lowest BCUT2D eigenvalue weighted by atomic mass is 9.84. The number of rotatable bonds is 7. The highest BCUT2D eigenvalue weighted by Gasteiger charge is 2.46. The van der Waals surface area contributed by atoms with E-state index in [1.807, 2.05) is 0 Å². The predicted octanol–water partition coefficient (Wildman–Crippen LogP) is 3.53. The van der Waals surface area contributed by atoms with Gasteiger partial charge in [0.05, 0.1) is 16.1 Å². The quantitative estimate of drug-likeness (QED) is 0.132. The summed E-state index contributed by atoms with van der Waals surface area (Å²) < 4.78 is 5.33. The van der Waals surface area contributed by atoms with Gasteiger partial charge in [0.25, 0.3) is 11.6 Å². The number of hydrogen-bond acceptors (Lipinski definition) is 8. The number of carbonyl (C=O) groups excluding carboxylic acids is 4. The van der Waals surface area contributed by atoms with E-state index < -0.39 is 51.8 Å². The molecule has 2 N–H and O–H groups in total. The zero-order chi connectivity index (χ0) is 25.3. The normalized spacial score (nSPS) is 15.0. The van der Waals surface area contributed by atoms with Gasteiger partial charge in [-0.1, -0.05) is 36.4 Å². The Balaban J connectivity index is 1.75. The number of aryl methyl sites for hydroxylation is 1. The van der Waals surface area contributed by atoms with Crippen molar-refractivity contribution in [3.05, 3.63) is 99.1 Å². The molecule has 0 saturated heterocycles. The Morgan fingerprint density at radius 3 is 2.46 bits per heavy atom. The number of Topliss-reactive ketones (excluding diaryl/α,β-unsaturated/α-hetero) is 2. The maximum Gasteiger partial charge on any atom is 0.339 e. The van der Waals surface area contributed by atoms with Gasteiger partial charge in [-0.15, -0.1) is 0 Å². The Morgan fingerprint density at radius 2 is 1.74 bits per heavy atom. The second-order valence-electron chi connectivity index (χ2n) is 7.87. The zero-order valence-electron chi connectivity index (χ0n) is 18.3. The van der Waals surface area contributed by atoms with E-state index in [0.717, 1.165) is 0 Å². The van der Waals surface area contributed by atoms with Crippen LogP contribution in [0.5, 0.6) is 5.75 Å². The Hall–Kier alpha value is -4.86. The molecule has 1 aliphatic rings. The monoisotopic (exact) mass is 474 g/mol. The Kier molecular flexibility index (Phi) is 6.11. The SMILES string of the molecule is Cc1ccc(NC(=O)C(=O)C(C(=O)c2ccccc2O)C2OC(=O)c3ccccc32)c([N+](=O)[O-])c1. The molecule has 0 aromatic heterocycles. The number of nitro groups is 1. The standard InChI is InChI=1S/C25H18N2O8/c1-13-10-11-17(18(12-13)27(33)34)26-24(31)22(30)20(21(29)16-8-4-5-9-19(16)28)23-14-6-2-3-7-15(14)25(32)35-23/h2-12,20,23,28H,1H3,(H,26,31). The van der Waals surface area contributed by atoms with Gasteiger partial charge in [0, 0.05) is 11.6 Å². The summed E-state index contributed by atoms with van der Waals surface area (Å²) in [7, 11) is 0. The van der Waals surface area contributed by atoms with Crippen LogP contribution in [-0.2, 0) is 14.3 Å². The molecule has 0 aliphatic carbocycles. The number of phenolic OH excluding ortho intramolecular Hbond substituents is 1. The van der Waals surface area contributed by atoms with Crippen LogP contribution < -0.4 is 5.32 Å². The lowest BCUT2D eigenvalue weighted by Crippen LogP contribution is -2.38. The van der Waals surface area contributed by atoms with Crippen LogP contribution in [0.15, 0.2) is 66.7 Å². The highest BCUT2D eigenvalue weighted by atomic mass is 16.6. The third-order valence-corrected chi connectivity index (χ3v) is 5.58. The first-order valence-electron chi connectivity index (χ1n) is 10.4. The molecule has 1 heterocycles. The van der Waals surface area contributed by atoms with Gasteiger partial charge in [0.2, 0.25) is 5.78 Å². The van der Waals surface area contributed by atoms with Crippen LogP contribution in [0.3, 0.4) is 0 Å². The Morgan fingerprint density at radius 1 is 1.06 bits per heavy atom. The molecule has 2 atom stereocenters. The second kappa shape index (κ2) is 9.18. The highest BCUT2D eigenvalue weighted by molar-refractivity contribution is 6.45. The minimum Gasteiger partial charge on any atom is -0.507 e. The molecule has 1 amide bonds. The van der Waals surface area contributed by atoms with E-state index in [9.17, 15) is 34.4 Å². The molecule has 10 nitrogen and oxygen atoms in total. The maximum absolute atomic E-state index is 13.4.